The summed E-state index contributed by atoms with van der Waals surface area (Å²) in [5.41, 5.74) is 2.20. The lowest BCUT2D eigenvalue weighted by Crippen LogP contribution is -2.12. The molecule has 2 heterocycles. The van der Waals surface area contributed by atoms with Crippen molar-refractivity contribution in [2.24, 2.45) is 0 Å². The molecule has 2 aromatic heterocycles. The number of fused-ring (bicyclic) bond motifs is 1. The summed E-state index contributed by atoms with van der Waals surface area (Å²) in [5, 5.41) is 15.9. The number of nitrogens with zero attached hydrogens (tertiary/aromatic N) is 3. The summed E-state index contributed by atoms with van der Waals surface area (Å²) in [6.45, 7) is 1.92. The minimum absolute atomic E-state index is 0.0367. The third-order valence-corrected chi connectivity index (χ3v) is 4.44. The van der Waals surface area contributed by atoms with E-state index in [9.17, 15) is 18.7 Å². The van der Waals surface area contributed by atoms with Crippen LogP contribution < -0.4 is 5.32 Å². The first-order valence-corrected chi connectivity index (χ1v) is 8.76. The van der Waals surface area contributed by atoms with Crippen LogP contribution in [-0.4, -0.2) is 25.6 Å². The second kappa shape index (κ2) is 7.31. The molecule has 0 bridgehead atoms. The predicted molar refractivity (Wildman–Crippen MR) is 104 cm³/mol. The minimum Gasteiger partial charge on any atom is -0.508 e. The van der Waals surface area contributed by atoms with Crippen LogP contribution in [0.25, 0.3) is 16.9 Å². The van der Waals surface area contributed by atoms with Gasteiger partial charge in [0.2, 0.25) is 0 Å². The van der Waals surface area contributed by atoms with Crippen LogP contribution in [0, 0.1) is 6.92 Å². The first-order valence-electron chi connectivity index (χ1n) is 8.76. The lowest BCUT2D eigenvalue weighted by molar-refractivity contribution is 0.102. The van der Waals surface area contributed by atoms with Gasteiger partial charge in [0.1, 0.15) is 17.0 Å². The van der Waals surface area contributed by atoms with E-state index in [0.29, 0.717) is 16.9 Å². The Balaban J connectivity index is 1.79. The van der Waals surface area contributed by atoms with Gasteiger partial charge >= 0.3 is 0 Å². The van der Waals surface area contributed by atoms with Crippen molar-refractivity contribution < 1.29 is 18.7 Å². The fraction of sp³-hybridized carbons (Fsp3) is 0.0952. The van der Waals surface area contributed by atoms with Crippen molar-refractivity contribution in [3.63, 3.8) is 0 Å². The van der Waals surface area contributed by atoms with Gasteiger partial charge < -0.3 is 10.4 Å². The van der Waals surface area contributed by atoms with E-state index < -0.39 is 12.3 Å². The van der Waals surface area contributed by atoms with Crippen molar-refractivity contribution in [1.29, 1.82) is 0 Å². The number of hydrogen-bond acceptors (Lipinski definition) is 4. The first-order chi connectivity index (χ1) is 13.9. The number of carbonyl (C=O) groups is 1. The van der Waals surface area contributed by atoms with Crippen molar-refractivity contribution in [1.82, 2.24) is 14.6 Å². The van der Waals surface area contributed by atoms with Crippen molar-refractivity contribution >= 4 is 17.2 Å². The zero-order valence-corrected chi connectivity index (χ0v) is 15.3. The highest BCUT2D eigenvalue weighted by atomic mass is 19.3. The molecule has 1 amide bonds. The number of nitrogens with one attached hydrogen (secondary N) is 1. The van der Waals surface area contributed by atoms with Crippen LogP contribution >= 0.6 is 0 Å². The van der Waals surface area contributed by atoms with Gasteiger partial charge in [0.25, 0.3) is 12.3 Å². The number of rotatable bonds is 4. The number of anilines is 1. The number of phenols is 1. The summed E-state index contributed by atoms with van der Waals surface area (Å²) in [4.78, 5) is 17.1. The lowest BCUT2D eigenvalue weighted by atomic mass is 10.1. The molecule has 0 saturated heterocycles. The number of aryl methyl sites for hydroxylation is 1. The van der Waals surface area contributed by atoms with Crippen molar-refractivity contribution in [3.05, 3.63) is 77.6 Å². The Kier molecular flexibility index (Phi) is 4.67. The van der Waals surface area contributed by atoms with E-state index in [1.165, 1.54) is 36.5 Å². The molecular weight excluding hydrogens is 378 g/mol. The highest BCUT2D eigenvalue weighted by Crippen LogP contribution is 2.27. The summed E-state index contributed by atoms with van der Waals surface area (Å²) in [6, 6.07) is 14.5. The van der Waals surface area contributed by atoms with Crippen LogP contribution in [0.4, 0.5) is 14.5 Å². The number of hydrogen-bond donors (Lipinski definition) is 2. The summed E-state index contributed by atoms with van der Waals surface area (Å²) in [6.07, 6.45) is -1.58. The van der Waals surface area contributed by atoms with Gasteiger partial charge in [-0.3, -0.25) is 4.79 Å². The molecule has 0 aliphatic carbocycles. The second-order valence-corrected chi connectivity index (χ2v) is 6.53. The first kappa shape index (κ1) is 18.5. The molecule has 0 fully saturated rings. The van der Waals surface area contributed by atoms with E-state index in [-0.39, 0.29) is 22.7 Å². The van der Waals surface area contributed by atoms with E-state index >= 15 is 0 Å². The third kappa shape index (κ3) is 3.64. The highest BCUT2D eigenvalue weighted by molar-refractivity contribution is 6.08. The number of aromatic nitrogens is 3. The van der Waals surface area contributed by atoms with Gasteiger partial charge in [0, 0.05) is 11.3 Å². The number of benzene rings is 2. The maximum absolute atomic E-state index is 13.6. The maximum atomic E-state index is 13.6. The van der Waals surface area contributed by atoms with Gasteiger partial charge in [-0.15, -0.1) is 0 Å². The Morgan fingerprint density at radius 3 is 2.45 bits per heavy atom. The van der Waals surface area contributed by atoms with Crippen molar-refractivity contribution in [2.75, 3.05) is 5.32 Å². The van der Waals surface area contributed by atoms with E-state index in [2.05, 4.69) is 15.4 Å². The fourth-order valence-electron chi connectivity index (χ4n) is 2.92. The molecule has 4 rings (SSSR count). The molecule has 0 spiro atoms. The maximum Gasteiger partial charge on any atom is 0.280 e. The Morgan fingerprint density at radius 1 is 1.10 bits per heavy atom. The van der Waals surface area contributed by atoms with Crippen LogP contribution in [0.15, 0.2) is 60.8 Å². The molecule has 2 aromatic carbocycles. The zero-order valence-electron chi connectivity index (χ0n) is 15.3. The van der Waals surface area contributed by atoms with Crippen LogP contribution in [0.3, 0.4) is 0 Å². The molecule has 146 valence electrons. The Labute approximate surface area is 164 Å². The number of carbonyl (C=O) groups excluding carboxylic acids is 1. The van der Waals surface area contributed by atoms with E-state index in [1.807, 2.05) is 19.1 Å². The van der Waals surface area contributed by atoms with Gasteiger partial charge in [0.05, 0.1) is 11.9 Å². The highest BCUT2D eigenvalue weighted by Gasteiger charge is 2.21. The molecule has 29 heavy (non-hydrogen) atoms. The monoisotopic (exact) mass is 394 g/mol. The average Bonchev–Trinajstić information content (AvgIpc) is 3.13. The lowest BCUT2D eigenvalue weighted by Gasteiger charge is -2.09. The molecule has 0 saturated carbocycles. The molecule has 4 aromatic rings. The standard InChI is InChI=1S/C21H16F2N4O2/c1-12-2-4-13(5-3-12)17-10-18(19(22)23)27-20(26-17)16(11-24-27)21(29)25-14-6-8-15(28)9-7-14/h2-11,19,28H,1H3,(H,25,29). The van der Waals surface area contributed by atoms with Gasteiger partial charge in [-0.2, -0.15) is 5.10 Å². The predicted octanol–water partition coefficient (Wildman–Crippen LogP) is 4.60. The number of halogens is 2. The zero-order chi connectivity index (χ0) is 20.5. The quantitative estimate of drug-likeness (QED) is 0.496. The van der Waals surface area contributed by atoms with E-state index in [0.717, 1.165) is 10.1 Å². The van der Waals surface area contributed by atoms with Gasteiger partial charge in [-0.05, 0) is 37.3 Å². The molecule has 0 atom stereocenters. The molecule has 0 aliphatic rings. The van der Waals surface area contributed by atoms with E-state index in [4.69, 9.17) is 0 Å². The van der Waals surface area contributed by atoms with Crippen molar-refractivity contribution in [2.45, 2.75) is 13.3 Å². The smallest absolute Gasteiger partial charge is 0.280 e. The Hall–Kier alpha value is -3.81. The molecule has 6 nitrogen and oxygen atoms in total. The normalized spacial score (nSPS) is 11.2. The second-order valence-electron chi connectivity index (χ2n) is 6.53. The van der Waals surface area contributed by atoms with Gasteiger partial charge in [-0.1, -0.05) is 29.8 Å². The fourth-order valence-corrected chi connectivity index (χ4v) is 2.92. The summed E-state index contributed by atoms with van der Waals surface area (Å²) < 4.78 is 28.3. The molecular formula is C21H16F2N4O2. The number of aromatic hydroxyl groups is 1. The van der Waals surface area contributed by atoms with Crippen molar-refractivity contribution in [3.8, 4) is 17.0 Å². The molecule has 2 N–H and O–H groups in total. The SMILES string of the molecule is Cc1ccc(-c2cc(C(F)F)n3ncc(C(=O)Nc4ccc(O)cc4)c3n2)cc1. The topological polar surface area (TPSA) is 79.5 Å². The van der Waals surface area contributed by atoms with Gasteiger partial charge in [-0.25, -0.2) is 18.3 Å². The average molecular weight is 394 g/mol. The van der Waals surface area contributed by atoms with Crippen LogP contribution in [-0.2, 0) is 0 Å². The molecule has 8 heteroatoms. The minimum atomic E-state index is -2.79. The van der Waals surface area contributed by atoms with Crippen LogP contribution in [0.2, 0.25) is 0 Å². The number of amides is 1. The Bertz CT molecular complexity index is 1190. The molecule has 0 unspecified atom stereocenters. The van der Waals surface area contributed by atoms with E-state index in [1.54, 1.807) is 12.1 Å². The Morgan fingerprint density at radius 2 is 1.79 bits per heavy atom. The molecule has 0 radical (unpaired) electrons. The number of phenolic OH excluding ortho intramolecular Hbond substituents is 1. The van der Waals surface area contributed by atoms with Gasteiger partial charge in [0.15, 0.2) is 5.65 Å². The van der Waals surface area contributed by atoms with Crippen LogP contribution in [0.5, 0.6) is 5.75 Å². The summed E-state index contributed by atoms with van der Waals surface area (Å²) in [5.74, 6) is -0.482. The third-order valence-electron chi connectivity index (χ3n) is 4.44. The largest absolute Gasteiger partial charge is 0.508 e. The summed E-state index contributed by atoms with van der Waals surface area (Å²) in [7, 11) is 0. The number of alkyl halides is 2. The van der Waals surface area contributed by atoms with Crippen LogP contribution in [0.1, 0.15) is 28.0 Å². The summed E-state index contributed by atoms with van der Waals surface area (Å²) >= 11 is 0. The molecule has 0 aliphatic heterocycles.